The Labute approximate surface area is 115 Å². The van der Waals surface area contributed by atoms with E-state index in [2.05, 4.69) is 20.6 Å². The minimum absolute atomic E-state index is 0.534. The van der Waals surface area contributed by atoms with Gasteiger partial charge in [0.05, 0.1) is 15.7 Å². The first-order valence-electron chi connectivity index (χ1n) is 5.34. The summed E-state index contributed by atoms with van der Waals surface area (Å²) in [6.45, 7) is 1.91. The lowest BCUT2D eigenvalue weighted by Gasteiger charge is -2.12. The Bertz CT molecular complexity index is 552. The lowest BCUT2D eigenvalue weighted by Crippen LogP contribution is -2.03. The van der Waals surface area contributed by atoms with E-state index in [0.29, 0.717) is 27.5 Å². The van der Waals surface area contributed by atoms with Gasteiger partial charge in [-0.15, -0.1) is 0 Å². The second kappa shape index (κ2) is 5.42. The van der Waals surface area contributed by atoms with Gasteiger partial charge in [0.15, 0.2) is 0 Å². The average Bonchev–Trinajstić information content (AvgIpc) is 2.36. The third kappa shape index (κ3) is 2.66. The number of aromatic nitrogens is 2. The van der Waals surface area contributed by atoms with Crippen LogP contribution in [0.5, 0.6) is 0 Å². The van der Waals surface area contributed by atoms with Gasteiger partial charge in [0.2, 0.25) is 5.95 Å². The first-order valence-corrected chi connectivity index (χ1v) is 6.10. The molecule has 0 radical (unpaired) electrons. The van der Waals surface area contributed by atoms with Gasteiger partial charge in [-0.05, 0) is 19.1 Å². The van der Waals surface area contributed by atoms with Crippen molar-refractivity contribution in [3.05, 3.63) is 40.0 Å². The maximum absolute atomic E-state index is 6.10. The number of para-hydroxylation sites is 1. The number of halogens is 2. The molecular formula is C12H12Cl2N4. The van der Waals surface area contributed by atoms with E-state index >= 15 is 0 Å². The number of hydrogen-bond acceptors (Lipinski definition) is 4. The third-order valence-electron chi connectivity index (χ3n) is 2.40. The highest BCUT2D eigenvalue weighted by atomic mass is 35.5. The summed E-state index contributed by atoms with van der Waals surface area (Å²) in [7, 11) is 1.76. The summed E-state index contributed by atoms with van der Waals surface area (Å²) in [5.74, 6) is 1.20. The molecule has 2 rings (SSSR count). The van der Waals surface area contributed by atoms with Gasteiger partial charge in [0.25, 0.3) is 0 Å². The van der Waals surface area contributed by atoms with Crippen LogP contribution in [0.15, 0.2) is 24.4 Å². The molecule has 4 nitrogen and oxygen atoms in total. The fourth-order valence-electron chi connectivity index (χ4n) is 1.42. The Kier molecular flexibility index (Phi) is 3.89. The van der Waals surface area contributed by atoms with Gasteiger partial charge in [0, 0.05) is 18.8 Å². The summed E-state index contributed by atoms with van der Waals surface area (Å²) in [4.78, 5) is 8.43. The molecule has 1 aromatic heterocycles. The van der Waals surface area contributed by atoms with Crippen molar-refractivity contribution in [3.8, 4) is 0 Å². The predicted octanol–water partition coefficient (Wildman–Crippen LogP) is 3.88. The van der Waals surface area contributed by atoms with Gasteiger partial charge in [-0.2, -0.15) is 4.98 Å². The molecule has 18 heavy (non-hydrogen) atoms. The van der Waals surface area contributed by atoms with Crippen LogP contribution in [0, 0.1) is 6.92 Å². The molecule has 0 bridgehead atoms. The van der Waals surface area contributed by atoms with Crippen molar-refractivity contribution < 1.29 is 0 Å². The van der Waals surface area contributed by atoms with E-state index in [1.807, 2.05) is 6.92 Å². The van der Waals surface area contributed by atoms with E-state index in [1.54, 1.807) is 31.4 Å². The Morgan fingerprint density at radius 3 is 2.44 bits per heavy atom. The fraction of sp³-hybridized carbons (Fsp3) is 0.167. The zero-order chi connectivity index (χ0) is 13.1. The second-order valence-corrected chi connectivity index (χ2v) is 4.51. The molecule has 0 aliphatic rings. The van der Waals surface area contributed by atoms with Gasteiger partial charge in [0.1, 0.15) is 5.82 Å². The maximum Gasteiger partial charge on any atom is 0.224 e. The zero-order valence-electron chi connectivity index (χ0n) is 9.96. The number of nitrogens with zero attached hydrogens (tertiary/aromatic N) is 2. The van der Waals surface area contributed by atoms with Crippen LogP contribution in [0.4, 0.5) is 17.5 Å². The number of aryl methyl sites for hydroxylation is 1. The summed E-state index contributed by atoms with van der Waals surface area (Å²) >= 11 is 12.2. The summed E-state index contributed by atoms with van der Waals surface area (Å²) < 4.78 is 0. The van der Waals surface area contributed by atoms with Crippen LogP contribution < -0.4 is 10.6 Å². The SMILES string of the molecule is CNc1ncc(C)c(Nc2c(Cl)cccc2Cl)n1. The number of rotatable bonds is 3. The second-order valence-electron chi connectivity index (χ2n) is 3.70. The van der Waals surface area contributed by atoms with E-state index in [4.69, 9.17) is 23.2 Å². The van der Waals surface area contributed by atoms with E-state index in [9.17, 15) is 0 Å². The molecule has 0 atom stereocenters. The number of anilines is 3. The quantitative estimate of drug-likeness (QED) is 0.897. The summed E-state index contributed by atoms with van der Waals surface area (Å²) in [5.41, 5.74) is 1.55. The van der Waals surface area contributed by atoms with Crippen LogP contribution in [0.1, 0.15) is 5.56 Å². The third-order valence-corrected chi connectivity index (χ3v) is 3.03. The topological polar surface area (TPSA) is 49.8 Å². The molecule has 0 saturated heterocycles. The molecule has 2 N–H and O–H groups in total. The molecule has 94 valence electrons. The molecule has 6 heteroatoms. The monoisotopic (exact) mass is 282 g/mol. The maximum atomic E-state index is 6.10. The van der Waals surface area contributed by atoms with Gasteiger partial charge >= 0.3 is 0 Å². The molecule has 0 fully saturated rings. The van der Waals surface area contributed by atoms with Crippen LogP contribution in [0.25, 0.3) is 0 Å². The Morgan fingerprint density at radius 1 is 1.17 bits per heavy atom. The lowest BCUT2D eigenvalue weighted by atomic mass is 10.3. The van der Waals surface area contributed by atoms with Crippen LogP contribution >= 0.6 is 23.2 Å². The van der Waals surface area contributed by atoms with Gasteiger partial charge in [-0.1, -0.05) is 29.3 Å². The van der Waals surface area contributed by atoms with Crippen molar-refractivity contribution >= 4 is 40.7 Å². The zero-order valence-corrected chi connectivity index (χ0v) is 11.5. The van der Waals surface area contributed by atoms with Gasteiger partial charge < -0.3 is 10.6 Å². The molecule has 1 heterocycles. The largest absolute Gasteiger partial charge is 0.357 e. The standard InChI is InChI=1S/C12H12Cl2N4/c1-7-6-16-12(15-2)18-11(7)17-10-8(13)4-3-5-9(10)14/h3-6H,1-2H3,(H2,15,16,17,18). The molecule has 0 aliphatic carbocycles. The average molecular weight is 283 g/mol. The van der Waals surface area contributed by atoms with Crippen molar-refractivity contribution in [2.75, 3.05) is 17.7 Å². The lowest BCUT2D eigenvalue weighted by molar-refractivity contribution is 1.12. The molecule has 1 aromatic carbocycles. The van der Waals surface area contributed by atoms with E-state index in [0.717, 1.165) is 5.56 Å². The van der Waals surface area contributed by atoms with Crippen molar-refractivity contribution in [2.24, 2.45) is 0 Å². The fourth-order valence-corrected chi connectivity index (χ4v) is 1.92. The number of hydrogen-bond donors (Lipinski definition) is 2. The predicted molar refractivity (Wildman–Crippen MR) is 76.1 cm³/mol. The normalized spacial score (nSPS) is 10.2. The minimum Gasteiger partial charge on any atom is -0.357 e. The first-order chi connectivity index (χ1) is 8.61. The smallest absolute Gasteiger partial charge is 0.224 e. The highest BCUT2D eigenvalue weighted by molar-refractivity contribution is 6.39. The van der Waals surface area contributed by atoms with E-state index < -0.39 is 0 Å². The highest BCUT2D eigenvalue weighted by Gasteiger charge is 2.09. The van der Waals surface area contributed by atoms with Crippen molar-refractivity contribution in [1.82, 2.24) is 9.97 Å². The van der Waals surface area contributed by atoms with Crippen LogP contribution in [0.2, 0.25) is 10.0 Å². The van der Waals surface area contributed by atoms with Crippen molar-refractivity contribution in [2.45, 2.75) is 6.92 Å². The Morgan fingerprint density at radius 2 is 1.83 bits per heavy atom. The summed E-state index contributed by atoms with van der Waals surface area (Å²) in [5, 5.41) is 7.11. The van der Waals surface area contributed by atoms with Crippen LogP contribution in [-0.2, 0) is 0 Å². The summed E-state index contributed by atoms with van der Waals surface area (Å²) in [6, 6.07) is 5.33. The molecule has 0 aliphatic heterocycles. The Balaban J connectivity index is 2.39. The number of nitrogens with one attached hydrogen (secondary N) is 2. The van der Waals surface area contributed by atoms with Crippen LogP contribution in [-0.4, -0.2) is 17.0 Å². The van der Waals surface area contributed by atoms with E-state index in [1.165, 1.54) is 0 Å². The van der Waals surface area contributed by atoms with Crippen molar-refractivity contribution in [1.29, 1.82) is 0 Å². The Hall–Kier alpha value is -1.52. The van der Waals surface area contributed by atoms with E-state index in [-0.39, 0.29) is 0 Å². The van der Waals surface area contributed by atoms with Gasteiger partial charge in [-0.3, -0.25) is 0 Å². The van der Waals surface area contributed by atoms with Crippen molar-refractivity contribution in [3.63, 3.8) is 0 Å². The molecule has 0 unspecified atom stereocenters. The molecule has 0 amide bonds. The molecule has 0 spiro atoms. The van der Waals surface area contributed by atoms with Crippen LogP contribution in [0.3, 0.4) is 0 Å². The van der Waals surface area contributed by atoms with Gasteiger partial charge in [-0.25, -0.2) is 4.98 Å². The first kappa shape index (κ1) is 12.9. The molecule has 0 saturated carbocycles. The summed E-state index contributed by atoms with van der Waals surface area (Å²) in [6.07, 6.45) is 1.73. The highest BCUT2D eigenvalue weighted by Crippen LogP contribution is 2.32. The molecule has 2 aromatic rings. The molecular weight excluding hydrogens is 271 g/mol. The minimum atomic E-state index is 0.534. The number of benzene rings is 1.